The van der Waals surface area contributed by atoms with E-state index in [1.54, 1.807) is 6.07 Å². The van der Waals surface area contributed by atoms with Gasteiger partial charge in [0.25, 0.3) is 5.91 Å². The van der Waals surface area contributed by atoms with E-state index in [0.29, 0.717) is 27.1 Å². The molecule has 35 heavy (non-hydrogen) atoms. The monoisotopic (exact) mass is 611 g/mol. The molecule has 1 aliphatic rings. The number of aliphatic imine (C=N–C) groups is 1. The molecule has 0 saturated carbocycles. The number of guanidine groups is 1. The van der Waals surface area contributed by atoms with Crippen LogP contribution in [0.15, 0.2) is 44.3 Å². The lowest BCUT2D eigenvalue weighted by Crippen LogP contribution is -2.39. The molecule has 0 bridgehead atoms. The van der Waals surface area contributed by atoms with Gasteiger partial charge < -0.3 is 36.6 Å². The lowest BCUT2D eigenvalue weighted by Gasteiger charge is -2.20. The van der Waals surface area contributed by atoms with Crippen LogP contribution in [0.5, 0.6) is 11.5 Å². The summed E-state index contributed by atoms with van der Waals surface area (Å²) >= 11 is 6.45. The maximum atomic E-state index is 12.6. The molecule has 2 aromatic rings. The Balaban J connectivity index is 1.66. The van der Waals surface area contributed by atoms with Crippen LogP contribution in [0.2, 0.25) is 0 Å². The molecule has 0 spiro atoms. The number of phenolic OH excluding ortho intramolecular Hbond substituents is 2. The van der Waals surface area contributed by atoms with Crippen LogP contribution in [0.1, 0.15) is 34.8 Å². The molecule has 7 N–H and O–H groups in total. The van der Waals surface area contributed by atoms with Crippen LogP contribution in [-0.4, -0.2) is 58.7 Å². The number of aromatic hydroxyl groups is 2. The van der Waals surface area contributed by atoms with Crippen molar-refractivity contribution in [3.63, 3.8) is 0 Å². The summed E-state index contributed by atoms with van der Waals surface area (Å²) in [4.78, 5) is 40.7. The third kappa shape index (κ3) is 7.59. The zero-order chi connectivity index (χ0) is 25.5. The Morgan fingerprint density at radius 1 is 1.11 bits per heavy atom. The first-order chi connectivity index (χ1) is 16.6. The zero-order valence-electron chi connectivity index (χ0n) is 18.3. The number of hydrogen-bond acceptors (Lipinski definition) is 8. The fraction of sp³-hybridized carbons (Fsp3) is 0.273. The molecule has 0 fully saturated rings. The van der Waals surface area contributed by atoms with Gasteiger partial charge in [0.2, 0.25) is 5.91 Å². The average Bonchev–Trinajstić information content (AvgIpc) is 2.79. The number of rotatable bonds is 8. The molecule has 0 unspecified atom stereocenters. The number of amides is 2. The molecule has 0 saturated heterocycles. The van der Waals surface area contributed by atoms with Gasteiger partial charge in [-0.25, -0.2) is 0 Å². The van der Waals surface area contributed by atoms with Crippen molar-refractivity contribution in [1.82, 2.24) is 16.0 Å². The lowest BCUT2D eigenvalue weighted by molar-refractivity contribution is -0.137. The summed E-state index contributed by atoms with van der Waals surface area (Å²) in [5, 5.41) is 40.6. The van der Waals surface area contributed by atoms with Gasteiger partial charge >= 0.3 is 5.97 Å². The van der Waals surface area contributed by atoms with Gasteiger partial charge in [-0.2, -0.15) is 0 Å². The first-order valence-electron chi connectivity index (χ1n) is 10.5. The first kappa shape index (κ1) is 26.3. The number of carboxylic acids is 1. The molecule has 1 aliphatic heterocycles. The number of phenols is 2. The highest BCUT2D eigenvalue weighted by molar-refractivity contribution is 9.11. The molecule has 0 radical (unpaired) electrons. The van der Waals surface area contributed by atoms with Crippen molar-refractivity contribution in [3.05, 3.63) is 50.4 Å². The molecule has 2 amide bonds. The maximum Gasteiger partial charge on any atom is 0.305 e. The quantitative estimate of drug-likeness (QED) is 0.238. The summed E-state index contributed by atoms with van der Waals surface area (Å²) in [6.45, 7) is 0.955. The number of nitrogens with zero attached hydrogens (tertiary/aromatic N) is 1. The minimum atomic E-state index is -1.19. The third-order valence-corrected chi connectivity index (χ3v) is 5.96. The summed E-state index contributed by atoms with van der Waals surface area (Å²) in [5.41, 5.74) is 0.730. The maximum absolute atomic E-state index is 12.6. The van der Waals surface area contributed by atoms with Gasteiger partial charge in [-0.05, 0) is 46.6 Å². The molecular formula is C22H23Br2N5O6. The molecule has 3 rings (SSSR count). The number of halogens is 2. The van der Waals surface area contributed by atoms with E-state index in [-0.39, 0.29) is 22.6 Å². The predicted octanol–water partition coefficient (Wildman–Crippen LogP) is 2.45. The first-order valence-corrected chi connectivity index (χ1v) is 12.1. The number of carbonyl (C=O) groups is 3. The minimum absolute atomic E-state index is 0.104. The van der Waals surface area contributed by atoms with Crippen LogP contribution in [0.3, 0.4) is 0 Å². The highest BCUT2D eigenvalue weighted by atomic mass is 79.9. The Kier molecular flexibility index (Phi) is 8.93. The van der Waals surface area contributed by atoms with Crippen LogP contribution in [0.25, 0.3) is 0 Å². The van der Waals surface area contributed by atoms with Crippen molar-refractivity contribution in [1.29, 1.82) is 0 Å². The molecule has 13 heteroatoms. The van der Waals surface area contributed by atoms with Gasteiger partial charge in [-0.15, -0.1) is 0 Å². The van der Waals surface area contributed by atoms with E-state index in [1.165, 1.54) is 24.3 Å². The number of aliphatic carboxylic acids is 1. The van der Waals surface area contributed by atoms with Crippen molar-refractivity contribution in [3.8, 4) is 11.5 Å². The number of carboxylic acid groups (broad SMARTS) is 1. The van der Waals surface area contributed by atoms with Crippen molar-refractivity contribution in [2.75, 3.05) is 25.0 Å². The SMILES string of the molecule is O=C(O)C[C@@H](NC(=O)CNC(=O)c1cc(O)cc(NC2=NCCCN2)c1)c1cc(Br)cc(Br)c1O. The van der Waals surface area contributed by atoms with Crippen LogP contribution in [-0.2, 0) is 9.59 Å². The van der Waals surface area contributed by atoms with E-state index in [2.05, 4.69) is 58.1 Å². The van der Waals surface area contributed by atoms with Gasteiger partial charge in [0.15, 0.2) is 5.96 Å². The summed E-state index contributed by atoms with van der Waals surface area (Å²) in [6.07, 6.45) is 0.419. The van der Waals surface area contributed by atoms with Crippen molar-refractivity contribution < 1.29 is 29.7 Å². The van der Waals surface area contributed by atoms with Gasteiger partial charge in [-0.3, -0.25) is 19.4 Å². The highest BCUT2D eigenvalue weighted by Crippen LogP contribution is 2.36. The Hall–Kier alpha value is -3.32. The second-order valence-electron chi connectivity index (χ2n) is 7.63. The number of nitrogens with one attached hydrogen (secondary N) is 4. The lowest BCUT2D eigenvalue weighted by atomic mass is 10.0. The van der Waals surface area contributed by atoms with Gasteiger partial charge in [0, 0.05) is 40.4 Å². The van der Waals surface area contributed by atoms with E-state index in [9.17, 15) is 29.7 Å². The van der Waals surface area contributed by atoms with E-state index in [4.69, 9.17) is 0 Å². The van der Waals surface area contributed by atoms with Crippen LogP contribution < -0.4 is 21.3 Å². The zero-order valence-corrected chi connectivity index (χ0v) is 21.4. The Morgan fingerprint density at radius 3 is 2.57 bits per heavy atom. The van der Waals surface area contributed by atoms with Crippen molar-refractivity contribution in [2.45, 2.75) is 18.9 Å². The normalized spacial score (nSPS) is 13.7. The minimum Gasteiger partial charge on any atom is -0.508 e. The van der Waals surface area contributed by atoms with Crippen LogP contribution >= 0.6 is 31.9 Å². The molecule has 0 aromatic heterocycles. The summed E-state index contributed by atoms with van der Waals surface area (Å²) in [6, 6.07) is 6.20. The average molecular weight is 613 g/mol. The Morgan fingerprint density at radius 2 is 1.89 bits per heavy atom. The van der Waals surface area contributed by atoms with Gasteiger partial charge in [-0.1, -0.05) is 15.9 Å². The smallest absolute Gasteiger partial charge is 0.305 e. The molecule has 1 heterocycles. The highest BCUT2D eigenvalue weighted by Gasteiger charge is 2.23. The number of anilines is 1. The Bertz CT molecular complexity index is 1170. The molecule has 186 valence electrons. The molecular weight excluding hydrogens is 590 g/mol. The Labute approximate surface area is 217 Å². The van der Waals surface area contributed by atoms with Crippen molar-refractivity contribution >= 4 is 61.3 Å². The third-order valence-electron chi connectivity index (χ3n) is 4.90. The fourth-order valence-electron chi connectivity index (χ4n) is 3.34. The van der Waals surface area contributed by atoms with Crippen molar-refractivity contribution in [2.24, 2.45) is 4.99 Å². The summed E-state index contributed by atoms with van der Waals surface area (Å²) in [5.74, 6) is -2.31. The fourth-order valence-corrected chi connectivity index (χ4v) is 4.60. The summed E-state index contributed by atoms with van der Waals surface area (Å²) < 4.78 is 0.889. The number of carbonyl (C=O) groups excluding carboxylic acids is 2. The number of hydrogen-bond donors (Lipinski definition) is 7. The molecule has 2 aromatic carbocycles. The van der Waals surface area contributed by atoms with E-state index in [0.717, 1.165) is 13.0 Å². The second-order valence-corrected chi connectivity index (χ2v) is 9.40. The summed E-state index contributed by atoms with van der Waals surface area (Å²) in [7, 11) is 0. The predicted molar refractivity (Wildman–Crippen MR) is 136 cm³/mol. The largest absolute Gasteiger partial charge is 0.508 e. The van der Waals surface area contributed by atoms with E-state index < -0.39 is 36.8 Å². The molecule has 0 aliphatic carbocycles. The molecule has 1 atom stereocenters. The number of benzene rings is 2. The molecule has 11 nitrogen and oxygen atoms in total. The van der Waals surface area contributed by atoms with Crippen LogP contribution in [0.4, 0.5) is 5.69 Å². The van der Waals surface area contributed by atoms with Gasteiger partial charge in [0.05, 0.1) is 23.5 Å². The van der Waals surface area contributed by atoms with Gasteiger partial charge in [0.1, 0.15) is 11.5 Å². The topological polar surface area (TPSA) is 172 Å². The van der Waals surface area contributed by atoms with E-state index in [1.807, 2.05) is 0 Å². The second kappa shape index (κ2) is 11.9. The van der Waals surface area contributed by atoms with Crippen LogP contribution in [0, 0.1) is 0 Å². The standard InChI is InChI=1S/C22H23Br2N5O6/c23-12-6-15(20(34)16(24)7-12)17(9-19(32)33)29-18(31)10-27-21(35)11-4-13(8-14(30)5-11)28-22-25-2-1-3-26-22/h4-8,17,30,34H,1-3,9-10H2,(H,27,35)(H,29,31)(H,32,33)(H2,25,26,28)/t17-/m1/s1. The van der Waals surface area contributed by atoms with E-state index >= 15 is 0 Å².